The van der Waals surface area contributed by atoms with Crippen LogP contribution in [0.15, 0.2) is 0 Å². The molecule has 0 radical (unpaired) electrons. The molecule has 0 aromatic rings. The number of rotatable bonds is 3. The van der Waals surface area contributed by atoms with Crippen molar-refractivity contribution >= 4 is 5.91 Å². The van der Waals surface area contributed by atoms with Crippen molar-refractivity contribution in [3.8, 4) is 0 Å². The summed E-state index contributed by atoms with van der Waals surface area (Å²) >= 11 is 0. The summed E-state index contributed by atoms with van der Waals surface area (Å²) in [6.07, 6.45) is 5.35. The predicted octanol–water partition coefficient (Wildman–Crippen LogP) is 2.18. The Labute approximate surface area is 123 Å². The molecule has 4 nitrogen and oxygen atoms in total. The Morgan fingerprint density at radius 3 is 2.35 bits per heavy atom. The van der Waals surface area contributed by atoms with E-state index < -0.39 is 0 Å². The SMILES string of the molecule is C[C@@H]1CN([C@H](C)C(=O)N[C@@H]2CCCC[C@H]2C)C[C@@H](C)O1. The topological polar surface area (TPSA) is 41.6 Å². The third-order valence-corrected chi connectivity index (χ3v) is 4.81. The summed E-state index contributed by atoms with van der Waals surface area (Å²) in [5.41, 5.74) is 0. The molecule has 1 N–H and O–H groups in total. The second kappa shape index (κ2) is 6.90. The van der Waals surface area contributed by atoms with Gasteiger partial charge in [-0.3, -0.25) is 9.69 Å². The molecule has 2 rings (SSSR count). The quantitative estimate of drug-likeness (QED) is 0.862. The Morgan fingerprint density at radius 2 is 1.75 bits per heavy atom. The number of ether oxygens (including phenoxy) is 1. The largest absolute Gasteiger partial charge is 0.373 e. The van der Waals surface area contributed by atoms with E-state index in [0.717, 1.165) is 19.5 Å². The number of amides is 1. The van der Waals surface area contributed by atoms with Crippen LogP contribution in [0.3, 0.4) is 0 Å². The van der Waals surface area contributed by atoms with Gasteiger partial charge in [-0.25, -0.2) is 0 Å². The fourth-order valence-electron chi connectivity index (χ4n) is 3.53. The van der Waals surface area contributed by atoms with Crippen molar-refractivity contribution in [3.05, 3.63) is 0 Å². The van der Waals surface area contributed by atoms with Crippen LogP contribution in [0.2, 0.25) is 0 Å². The average Bonchev–Trinajstić information content (AvgIpc) is 2.39. The van der Waals surface area contributed by atoms with Gasteiger partial charge < -0.3 is 10.1 Å². The number of nitrogens with one attached hydrogen (secondary N) is 1. The zero-order chi connectivity index (χ0) is 14.7. The minimum atomic E-state index is -0.0575. The third kappa shape index (κ3) is 3.95. The molecular formula is C16H30N2O2. The Balaban J connectivity index is 1.87. The lowest BCUT2D eigenvalue weighted by Crippen LogP contribution is -2.55. The number of nitrogens with zero attached hydrogens (tertiary/aromatic N) is 1. The van der Waals surface area contributed by atoms with E-state index in [4.69, 9.17) is 4.74 Å². The van der Waals surface area contributed by atoms with E-state index in [9.17, 15) is 4.79 Å². The summed E-state index contributed by atoms with van der Waals surface area (Å²) < 4.78 is 5.74. The summed E-state index contributed by atoms with van der Waals surface area (Å²) in [7, 11) is 0. The highest BCUT2D eigenvalue weighted by Gasteiger charge is 2.31. The highest BCUT2D eigenvalue weighted by Crippen LogP contribution is 2.24. The van der Waals surface area contributed by atoms with Crippen molar-refractivity contribution in [1.82, 2.24) is 10.2 Å². The maximum Gasteiger partial charge on any atom is 0.237 e. The van der Waals surface area contributed by atoms with Crippen molar-refractivity contribution in [3.63, 3.8) is 0 Å². The molecule has 1 amide bonds. The summed E-state index contributed by atoms with van der Waals surface area (Å²) in [5, 5.41) is 3.27. The van der Waals surface area contributed by atoms with E-state index in [1.54, 1.807) is 0 Å². The van der Waals surface area contributed by atoms with Gasteiger partial charge in [0.1, 0.15) is 0 Å². The molecule has 1 heterocycles. The number of carbonyl (C=O) groups excluding carboxylic acids is 1. The molecule has 1 saturated heterocycles. The van der Waals surface area contributed by atoms with Crippen LogP contribution in [0, 0.1) is 5.92 Å². The van der Waals surface area contributed by atoms with Crippen LogP contribution in [-0.2, 0) is 9.53 Å². The van der Waals surface area contributed by atoms with Gasteiger partial charge in [0.15, 0.2) is 0 Å². The first-order chi connectivity index (χ1) is 9.47. The highest BCUT2D eigenvalue weighted by molar-refractivity contribution is 5.81. The maximum atomic E-state index is 12.5. The van der Waals surface area contributed by atoms with Crippen molar-refractivity contribution in [2.45, 2.75) is 77.7 Å². The van der Waals surface area contributed by atoms with Crippen molar-refractivity contribution in [1.29, 1.82) is 0 Å². The van der Waals surface area contributed by atoms with Gasteiger partial charge in [0.25, 0.3) is 0 Å². The Morgan fingerprint density at radius 1 is 1.15 bits per heavy atom. The van der Waals surface area contributed by atoms with E-state index in [-0.39, 0.29) is 24.2 Å². The zero-order valence-corrected chi connectivity index (χ0v) is 13.4. The van der Waals surface area contributed by atoms with Crippen LogP contribution >= 0.6 is 0 Å². The molecule has 0 aromatic carbocycles. The molecule has 20 heavy (non-hydrogen) atoms. The third-order valence-electron chi connectivity index (χ3n) is 4.81. The lowest BCUT2D eigenvalue weighted by Gasteiger charge is -2.39. The Kier molecular flexibility index (Phi) is 5.44. The van der Waals surface area contributed by atoms with Gasteiger partial charge >= 0.3 is 0 Å². The fraction of sp³-hybridized carbons (Fsp3) is 0.938. The molecule has 0 spiro atoms. The lowest BCUT2D eigenvalue weighted by atomic mass is 9.86. The first kappa shape index (κ1) is 15.8. The molecule has 116 valence electrons. The van der Waals surface area contributed by atoms with Crippen LogP contribution in [0.4, 0.5) is 0 Å². The van der Waals surface area contributed by atoms with Crippen LogP contribution in [0.1, 0.15) is 53.4 Å². The molecule has 2 fully saturated rings. The number of hydrogen-bond donors (Lipinski definition) is 1. The van der Waals surface area contributed by atoms with Crippen molar-refractivity contribution in [2.75, 3.05) is 13.1 Å². The summed E-state index contributed by atoms with van der Waals surface area (Å²) in [4.78, 5) is 14.7. The monoisotopic (exact) mass is 282 g/mol. The minimum absolute atomic E-state index is 0.0575. The first-order valence-electron chi connectivity index (χ1n) is 8.17. The first-order valence-corrected chi connectivity index (χ1v) is 8.17. The number of morpholine rings is 1. The fourth-order valence-corrected chi connectivity index (χ4v) is 3.53. The van der Waals surface area contributed by atoms with Crippen LogP contribution in [0.25, 0.3) is 0 Å². The average molecular weight is 282 g/mol. The standard InChI is InChI=1S/C16H30N2O2/c1-11-7-5-6-8-15(11)17-16(19)14(4)18-9-12(2)20-13(3)10-18/h11-15H,5-10H2,1-4H3,(H,17,19)/t11-,12-,13-,14-,15-/m1/s1. The van der Waals surface area contributed by atoms with Gasteiger partial charge in [-0.1, -0.05) is 19.8 Å². The molecule has 0 aromatic heterocycles. The van der Waals surface area contributed by atoms with E-state index in [1.165, 1.54) is 19.3 Å². The maximum absolute atomic E-state index is 12.5. The van der Waals surface area contributed by atoms with Gasteiger partial charge in [-0.05, 0) is 39.5 Å². The van der Waals surface area contributed by atoms with Crippen molar-refractivity contribution < 1.29 is 9.53 Å². The van der Waals surface area contributed by atoms with E-state index in [2.05, 4.69) is 31.0 Å². The predicted molar refractivity (Wildman–Crippen MR) is 80.6 cm³/mol. The molecule has 1 aliphatic heterocycles. The van der Waals surface area contributed by atoms with Crippen LogP contribution < -0.4 is 5.32 Å². The highest BCUT2D eigenvalue weighted by atomic mass is 16.5. The smallest absolute Gasteiger partial charge is 0.237 e. The Hall–Kier alpha value is -0.610. The van der Waals surface area contributed by atoms with Crippen LogP contribution in [-0.4, -0.2) is 48.2 Å². The zero-order valence-electron chi connectivity index (χ0n) is 13.4. The molecule has 5 atom stereocenters. The van der Waals surface area contributed by atoms with E-state index in [0.29, 0.717) is 12.0 Å². The summed E-state index contributed by atoms with van der Waals surface area (Å²) in [6, 6.07) is 0.313. The number of carbonyl (C=O) groups is 1. The van der Waals surface area contributed by atoms with Gasteiger partial charge in [0, 0.05) is 19.1 Å². The van der Waals surface area contributed by atoms with E-state index in [1.807, 2.05) is 6.92 Å². The number of hydrogen-bond acceptors (Lipinski definition) is 3. The molecule has 1 aliphatic carbocycles. The molecule has 4 heteroatoms. The minimum Gasteiger partial charge on any atom is -0.373 e. The molecule has 0 bridgehead atoms. The van der Waals surface area contributed by atoms with Gasteiger partial charge in [-0.15, -0.1) is 0 Å². The molecular weight excluding hydrogens is 252 g/mol. The molecule has 1 saturated carbocycles. The lowest BCUT2D eigenvalue weighted by molar-refractivity contribution is -0.133. The molecule has 2 aliphatic rings. The van der Waals surface area contributed by atoms with Gasteiger partial charge in [0.2, 0.25) is 5.91 Å². The van der Waals surface area contributed by atoms with Gasteiger partial charge in [-0.2, -0.15) is 0 Å². The second-order valence-corrected chi connectivity index (χ2v) is 6.76. The van der Waals surface area contributed by atoms with E-state index >= 15 is 0 Å². The summed E-state index contributed by atoms with van der Waals surface area (Å²) in [6.45, 7) is 10.1. The molecule has 0 unspecified atom stereocenters. The van der Waals surface area contributed by atoms with Crippen LogP contribution in [0.5, 0.6) is 0 Å². The summed E-state index contributed by atoms with van der Waals surface area (Å²) in [5.74, 6) is 0.799. The second-order valence-electron chi connectivity index (χ2n) is 6.76. The van der Waals surface area contributed by atoms with Crippen molar-refractivity contribution in [2.24, 2.45) is 5.92 Å². The Bertz CT molecular complexity index is 324. The normalized spacial score (nSPS) is 37.4. The van der Waals surface area contributed by atoms with Gasteiger partial charge in [0.05, 0.1) is 18.2 Å².